The lowest BCUT2D eigenvalue weighted by Crippen LogP contribution is -2.37. The third-order valence-electron chi connectivity index (χ3n) is 2.38. The molecule has 0 radical (unpaired) electrons. The number of alkyl halides is 3. The molecular formula is C12H16BrF3N4O. The predicted octanol–water partition coefficient (Wildman–Crippen LogP) is 2.73. The molecule has 118 valence electrons. The first-order chi connectivity index (χ1) is 9.76. The molecule has 0 amide bonds. The van der Waals surface area contributed by atoms with Gasteiger partial charge in [-0.25, -0.2) is 10.8 Å². The molecule has 0 heterocycles. The summed E-state index contributed by atoms with van der Waals surface area (Å²) < 4.78 is 43.4. The summed E-state index contributed by atoms with van der Waals surface area (Å²) in [6, 6.07) is 3.25. The van der Waals surface area contributed by atoms with Gasteiger partial charge in [-0.1, -0.05) is 15.9 Å². The minimum atomic E-state index is -4.43. The monoisotopic (exact) mass is 368 g/mol. The summed E-state index contributed by atoms with van der Waals surface area (Å²) in [6.07, 6.45) is -4.43. The lowest BCUT2D eigenvalue weighted by atomic mass is 10.2. The minimum Gasteiger partial charge on any atom is -0.382 e. The second-order valence-electron chi connectivity index (χ2n) is 4.28. The number of nitrogens with one attached hydrogen (secondary N) is 2. The van der Waals surface area contributed by atoms with Crippen LogP contribution in [0.15, 0.2) is 27.7 Å². The predicted molar refractivity (Wildman–Crippen MR) is 78.9 cm³/mol. The summed E-state index contributed by atoms with van der Waals surface area (Å²) >= 11 is 3.04. The lowest BCUT2D eigenvalue weighted by Gasteiger charge is -2.14. The van der Waals surface area contributed by atoms with Crippen molar-refractivity contribution in [2.45, 2.75) is 19.1 Å². The molecule has 1 aromatic rings. The van der Waals surface area contributed by atoms with Gasteiger partial charge >= 0.3 is 6.18 Å². The van der Waals surface area contributed by atoms with Crippen LogP contribution in [0.3, 0.4) is 0 Å². The Morgan fingerprint density at radius 3 is 2.62 bits per heavy atom. The number of guanidine groups is 1. The Bertz CT molecular complexity index is 508. The van der Waals surface area contributed by atoms with E-state index < -0.39 is 11.7 Å². The molecule has 0 saturated heterocycles. The molecule has 0 spiro atoms. The molecule has 1 aromatic carbocycles. The smallest absolute Gasteiger partial charge is 0.382 e. The third kappa shape index (κ3) is 5.90. The van der Waals surface area contributed by atoms with Gasteiger partial charge in [0.15, 0.2) is 0 Å². The van der Waals surface area contributed by atoms with Gasteiger partial charge in [0.05, 0.1) is 18.2 Å². The number of hydrazine groups is 1. The van der Waals surface area contributed by atoms with Gasteiger partial charge in [0.2, 0.25) is 5.96 Å². The summed E-state index contributed by atoms with van der Waals surface area (Å²) in [5.74, 6) is 5.45. The van der Waals surface area contributed by atoms with E-state index >= 15 is 0 Å². The number of nitrogens with zero attached hydrogens (tertiary/aromatic N) is 1. The number of anilines is 1. The molecule has 1 unspecified atom stereocenters. The summed E-state index contributed by atoms with van der Waals surface area (Å²) in [4.78, 5) is 4.15. The molecule has 1 atom stereocenters. The molecule has 4 N–H and O–H groups in total. The summed E-state index contributed by atoms with van der Waals surface area (Å²) in [5.41, 5.74) is 1.73. The van der Waals surface area contributed by atoms with E-state index in [-0.39, 0.29) is 17.7 Å². The van der Waals surface area contributed by atoms with Crippen molar-refractivity contribution in [2.24, 2.45) is 10.8 Å². The highest BCUT2D eigenvalue weighted by molar-refractivity contribution is 9.10. The molecule has 0 saturated carbocycles. The average molecular weight is 369 g/mol. The van der Waals surface area contributed by atoms with Gasteiger partial charge in [-0.05, 0) is 25.1 Å². The number of halogens is 4. The molecule has 9 heteroatoms. The Balaban J connectivity index is 2.98. The van der Waals surface area contributed by atoms with Crippen molar-refractivity contribution in [3.8, 4) is 0 Å². The maximum Gasteiger partial charge on any atom is 0.416 e. The van der Waals surface area contributed by atoms with Gasteiger partial charge in [-0.3, -0.25) is 5.43 Å². The van der Waals surface area contributed by atoms with Crippen molar-refractivity contribution in [3.05, 3.63) is 28.2 Å². The molecule has 0 aromatic heterocycles. The van der Waals surface area contributed by atoms with Crippen LogP contribution in [-0.2, 0) is 10.9 Å². The Morgan fingerprint density at radius 1 is 1.43 bits per heavy atom. The molecular weight excluding hydrogens is 353 g/mol. The van der Waals surface area contributed by atoms with Crippen LogP contribution < -0.4 is 16.6 Å². The molecule has 21 heavy (non-hydrogen) atoms. The second kappa shape index (κ2) is 7.62. The first-order valence-corrected chi connectivity index (χ1v) is 6.73. The topological polar surface area (TPSA) is 71.7 Å². The van der Waals surface area contributed by atoms with E-state index in [0.29, 0.717) is 11.1 Å². The third-order valence-corrected chi connectivity index (χ3v) is 2.84. The highest BCUT2D eigenvalue weighted by atomic mass is 79.9. The quantitative estimate of drug-likeness (QED) is 0.330. The van der Waals surface area contributed by atoms with Crippen molar-refractivity contribution in [1.82, 2.24) is 5.43 Å². The van der Waals surface area contributed by atoms with Crippen LogP contribution in [0.4, 0.5) is 18.9 Å². The zero-order chi connectivity index (χ0) is 16.0. The van der Waals surface area contributed by atoms with Crippen LogP contribution in [-0.4, -0.2) is 25.7 Å². The van der Waals surface area contributed by atoms with Crippen LogP contribution in [0.25, 0.3) is 0 Å². The van der Waals surface area contributed by atoms with Gasteiger partial charge in [-0.15, -0.1) is 0 Å². The van der Waals surface area contributed by atoms with Gasteiger partial charge in [-0.2, -0.15) is 13.2 Å². The van der Waals surface area contributed by atoms with Crippen LogP contribution in [0.2, 0.25) is 0 Å². The Morgan fingerprint density at radius 2 is 2.10 bits per heavy atom. The van der Waals surface area contributed by atoms with Crippen LogP contribution in [0, 0.1) is 0 Å². The summed E-state index contributed by atoms with van der Waals surface area (Å²) in [6.45, 7) is 2.14. The zero-order valence-corrected chi connectivity index (χ0v) is 13.0. The van der Waals surface area contributed by atoms with Crippen LogP contribution >= 0.6 is 15.9 Å². The SMILES string of the molecule is COCC(C)N=C(NN)Nc1cc(Br)cc(C(F)(F)F)c1. The molecule has 0 aliphatic heterocycles. The number of benzene rings is 1. The number of rotatable bonds is 4. The van der Waals surface area contributed by atoms with Crippen molar-refractivity contribution >= 4 is 27.6 Å². The van der Waals surface area contributed by atoms with Crippen molar-refractivity contribution in [1.29, 1.82) is 0 Å². The number of ether oxygens (including phenoxy) is 1. The standard InChI is InChI=1S/C12H16BrF3N4O/c1-7(6-21-2)18-11(20-17)19-10-4-8(12(14,15)16)3-9(13)5-10/h3-5,7H,6,17H2,1-2H3,(H2,18,19,20). The van der Waals surface area contributed by atoms with E-state index in [9.17, 15) is 13.2 Å². The van der Waals surface area contributed by atoms with Crippen LogP contribution in [0.5, 0.6) is 0 Å². The maximum absolute atomic E-state index is 12.7. The number of methoxy groups -OCH3 is 1. The highest BCUT2D eigenvalue weighted by Gasteiger charge is 2.31. The fraction of sp³-hybridized carbons (Fsp3) is 0.417. The minimum absolute atomic E-state index is 0.144. The van der Waals surface area contributed by atoms with Gasteiger partial charge < -0.3 is 10.1 Å². The lowest BCUT2D eigenvalue weighted by molar-refractivity contribution is -0.137. The molecule has 1 rings (SSSR count). The first-order valence-electron chi connectivity index (χ1n) is 5.94. The molecule has 0 aliphatic carbocycles. The van der Waals surface area contributed by atoms with Gasteiger partial charge in [0, 0.05) is 17.3 Å². The summed E-state index contributed by atoms with van der Waals surface area (Å²) in [5, 5.41) is 2.70. The number of hydrogen-bond acceptors (Lipinski definition) is 3. The van der Waals surface area contributed by atoms with E-state index in [1.165, 1.54) is 13.2 Å². The molecule has 5 nitrogen and oxygen atoms in total. The Labute approximate surface area is 128 Å². The number of nitrogens with two attached hydrogens (primary N) is 1. The zero-order valence-electron chi connectivity index (χ0n) is 11.5. The van der Waals surface area contributed by atoms with E-state index in [1.54, 1.807) is 6.92 Å². The second-order valence-corrected chi connectivity index (χ2v) is 5.19. The average Bonchev–Trinajstić information content (AvgIpc) is 2.36. The van der Waals surface area contributed by atoms with E-state index in [2.05, 4.69) is 31.7 Å². The van der Waals surface area contributed by atoms with Crippen molar-refractivity contribution < 1.29 is 17.9 Å². The van der Waals surface area contributed by atoms with Crippen LogP contribution in [0.1, 0.15) is 12.5 Å². The molecule has 0 aliphatic rings. The first kappa shape index (κ1) is 17.7. The van der Waals surface area contributed by atoms with Crippen molar-refractivity contribution in [2.75, 3.05) is 19.0 Å². The molecule has 0 bridgehead atoms. The van der Waals surface area contributed by atoms with E-state index in [4.69, 9.17) is 10.6 Å². The summed E-state index contributed by atoms with van der Waals surface area (Å²) in [7, 11) is 1.53. The van der Waals surface area contributed by atoms with E-state index in [1.807, 2.05) is 0 Å². The fourth-order valence-electron chi connectivity index (χ4n) is 1.57. The van der Waals surface area contributed by atoms with Crippen molar-refractivity contribution in [3.63, 3.8) is 0 Å². The number of aliphatic imine (C=N–C) groups is 1. The Kier molecular flexibility index (Phi) is 6.43. The Hall–Kier alpha value is -1.32. The number of hydrogen-bond donors (Lipinski definition) is 3. The largest absolute Gasteiger partial charge is 0.416 e. The maximum atomic E-state index is 12.7. The van der Waals surface area contributed by atoms with Gasteiger partial charge in [0.25, 0.3) is 0 Å². The molecule has 0 fully saturated rings. The fourth-order valence-corrected chi connectivity index (χ4v) is 2.06. The van der Waals surface area contributed by atoms with E-state index in [0.717, 1.165) is 12.1 Å². The van der Waals surface area contributed by atoms with Gasteiger partial charge in [0.1, 0.15) is 0 Å². The highest BCUT2D eigenvalue weighted by Crippen LogP contribution is 2.33. The normalized spacial score (nSPS) is 14.0.